The van der Waals surface area contributed by atoms with Crippen molar-refractivity contribution in [3.63, 3.8) is 0 Å². The summed E-state index contributed by atoms with van der Waals surface area (Å²) >= 11 is 0. The molecule has 0 bridgehead atoms. The van der Waals surface area contributed by atoms with Gasteiger partial charge in [0.05, 0.1) is 11.1 Å². The van der Waals surface area contributed by atoms with Crippen molar-refractivity contribution in [1.82, 2.24) is 15.0 Å². The molecule has 5 rings (SSSR count). The SMILES string of the molecule is Cc1cc2nn(-c3ccc(C(C)C)cc3)nc2cc1NC(=O)C1(c2ccccc2)CCCC1. The van der Waals surface area contributed by atoms with Crippen molar-refractivity contribution >= 4 is 22.6 Å². The molecule has 1 heterocycles. The molecule has 1 aromatic heterocycles. The zero-order chi connectivity index (χ0) is 23.0. The van der Waals surface area contributed by atoms with Crippen molar-refractivity contribution in [1.29, 1.82) is 0 Å². The summed E-state index contributed by atoms with van der Waals surface area (Å²) in [4.78, 5) is 15.3. The van der Waals surface area contributed by atoms with Crippen LogP contribution in [0.3, 0.4) is 0 Å². The predicted molar refractivity (Wildman–Crippen MR) is 133 cm³/mol. The minimum absolute atomic E-state index is 0.0744. The number of nitrogens with zero attached hydrogens (tertiary/aromatic N) is 3. The van der Waals surface area contributed by atoms with Crippen LogP contribution in [0.15, 0.2) is 66.7 Å². The maximum absolute atomic E-state index is 13.6. The van der Waals surface area contributed by atoms with Crippen molar-refractivity contribution in [2.24, 2.45) is 0 Å². The summed E-state index contributed by atoms with van der Waals surface area (Å²) in [7, 11) is 0. The Hall–Kier alpha value is -3.47. The highest BCUT2D eigenvalue weighted by Crippen LogP contribution is 2.42. The first-order valence-electron chi connectivity index (χ1n) is 11.8. The number of aromatic nitrogens is 3. The fourth-order valence-electron chi connectivity index (χ4n) is 4.94. The first kappa shape index (κ1) is 21.4. The highest BCUT2D eigenvalue weighted by Gasteiger charge is 2.42. The number of nitrogens with one attached hydrogen (secondary N) is 1. The molecule has 4 aromatic rings. The molecule has 33 heavy (non-hydrogen) atoms. The monoisotopic (exact) mass is 438 g/mol. The molecule has 0 spiro atoms. The minimum Gasteiger partial charge on any atom is -0.325 e. The maximum atomic E-state index is 13.6. The number of benzene rings is 3. The molecule has 0 saturated heterocycles. The predicted octanol–water partition coefficient (Wildman–Crippen LogP) is 6.30. The summed E-state index contributed by atoms with van der Waals surface area (Å²) < 4.78 is 0. The summed E-state index contributed by atoms with van der Waals surface area (Å²) in [5.74, 6) is 0.557. The molecule has 1 aliphatic rings. The molecule has 0 aliphatic heterocycles. The van der Waals surface area contributed by atoms with Gasteiger partial charge in [0.15, 0.2) is 0 Å². The third kappa shape index (κ3) is 3.92. The van der Waals surface area contributed by atoms with Crippen LogP contribution in [0.2, 0.25) is 0 Å². The molecule has 1 saturated carbocycles. The van der Waals surface area contributed by atoms with E-state index >= 15 is 0 Å². The maximum Gasteiger partial charge on any atom is 0.235 e. The Bertz CT molecular complexity index is 1280. The van der Waals surface area contributed by atoms with Gasteiger partial charge in [-0.2, -0.15) is 4.80 Å². The van der Waals surface area contributed by atoms with Crippen LogP contribution in [0.25, 0.3) is 16.7 Å². The summed E-state index contributed by atoms with van der Waals surface area (Å²) in [6.45, 7) is 6.37. The lowest BCUT2D eigenvalue weighted by molar-refractivity contribution is -0.121. The zero-order valence-corrected chi connectivity index (χ0v) is 19.5. The zero-order valence-electron chi connectivity index (χ0n) is 19.5. The van der Waals surface area contributed by atoms with Crippen molar-refractivity contribution in [3.05, 3.63) is 83.4 Å². The van der Waals surface area contributed by atoms with Gasteiger partial charge in [-0.3, -0.25) is 4.79 Å². The van der Waals surface area contributed by atoms with Crippen molar-refractivity contribution in [2.45, 2.75) is 57.8 Å². The van der Waals surface area contributed by atoms with Gasteiger partial charge >= 0.3 is 0 Å². The van der Waals surface area contributed by atoms with E-state index in [4.69, 9.17) is 5.10 Å². The fraction of sp³-hybridized carbons (Fsp3) is 0.321. The number of anilines is 1. The number of aryl methyl sites for hydroxylation is 1. The Morgan fingerprint density at radius 3 is 2.21 bits per heavy atom. The second kappa shape index (κ2) is 8.47. The fourth-order valence-corrected chi connectivity index (χ4v) is 4.94. The lowest BCUT2D eigenvalue weighted by atomic mass is 9.78. The van der Waals surface area contributed by atoms with E-state index in [1.54, 1.807) is 4.80 Å². The Kier molecular flexibility index (Phi) is 5.49. The van der Waals surface area contributed by atoms with Gasteiger partial charge in [-0.25, -0.2) is 0 Å². The topological polar surface area (TPSA) is 59.8 Å². The van der Waals surface area contributed by atoms with Gasteiger partial charge < -0.3 is 5.32 Å². The molecule has 1 N–H and O–H groups in total. The molecule has 5 heteroatoms. The lowest BCUT2D eigenvalue weighted by Crippen LogP contribution is -2.38. The lowest BCUT2D eigenvalue weighted by Gasteiger charge is -2.28. The smallest absolute Gasteiger partial charge is 0.235 e. The largest absolute Gasteiger partial charge is 0.325 e. The number of fused-ring (bicyclic) bond motifs is 1. The van der Waals surface area contributed by atoms with E-state index in [9.17, 15) is 4.79 Å². The molecular weight excluding hydrogens is 408 g/mol. The average molecular weight is 439 g/mol. The van der Waals surface area contributed by atoms with Crippen molar-refractivity contribution < 1.29 is 4.79 Å². The van der Waals surface area contributed by atoms with E-state index in [1.165, 1.54) is 5.56 Å². The van der Waals surface area contributed by atoms with Gasteiger partial charge in [0.2, 0.25) is 5.91 Å². The quantitative estimate of drug-likeness (QED) is 0.398. The molecule has 0 radical (unpaired) electrons. The van der Waals surface area contributed by atoms with E-state index < -0.39 is 5.41 Å². The standard InChI is InChI=1S/C28H30N4O/c1-19(2)21-11-13-23(14-12-21)32-30-25-17-20(3)24(18-26(25)31-32)29-27(33)28(15-7-8-16-28)22-9-5-4-6-10-22/h4-6,9-14,17-19H,7-8,15-16H2,1-3H3,(H,29,33). The van der Waals surface area contributed by atoms with E-state index in [2.05, 4.69) is 48.5 Å². The summed E-state index contributed by atoms with van der Waals surface area (Å²) in [6.07, 6.45) is 3.91. The summed E-state index contributed by atoms with van der Waals surface area (Å²) in [5, 5.41) is 12.6. The van der Waals surface area contributed by atoms with Crippen LogP contribution in [-0.2, 0) is 10.2 Å². The third-order valence-corrected chi connectivity index (χ3v) is 6.98. The van der Waals surface area contributed by atoms with E-state index in [1.807, 2.05) is 49.4 Å². The van der Waals surface area contributed by atoms with Gasteiger partial charge in [-0.1, -0.05) is 69.2 Å². The molecule has 5 nitrogen and oxygen atoms in total. The van der Waals surface area contributed by atoms with Gasteiger partial charge in [0.1, 0.15) is 11.0 Å². The van der Waals surface area contributed by atoms with Crippen molar-refractivity contribution in [2.75, 3.05) is 5.32 Å². The highest BCUT2D eigenvalue weighted by molar-refractivity contribution is 6.01. The van der Waals surface area contributed by atoms with E-state index in [-0.39, 0.29) is 5.91 Å². The van der Waals surface area contributed by atoms with Crippen molar-refractivity contribution in [3.8, 4) is 5.69 Å². The molecule has 0 atom stereocenters. The van der Waals surface area contributed by atoms with Gasteiger partial charge in [0.25, 0.3) is 0 Å². The van der Waals surface area contributed by atoms with Crippen LogP contribution in [0, 0.1) is 6.92 Å². The summed E-state index contributed by atoms with van der Waals surface area (Å²) in [5.41, 5.74) is 6.23. The minimum atomic E-state index is -0.460. The highest BCUT2D eigenvalue weighted by atomic mass is 16.2. The van der Waals surface area contributed by atoms with Crippen LogP contribution < -0.4 is 5.32 Å². The van der Waals surface area contributed by atoms with Crippen LogP contribution in [-0.4, -0.2) is 20.9 Å². The Morgan fingerprint density at radius 2 is 1.58 bits per heavy atom. The number of amides is 1. The van der Waals surface area contributed by atoms with Gasteiger partial charge in [-0.05, 0) is 66.6 Å². The van der Waals surface area contributed by atoms with Gasteiger partial charge in [-0.15, -0.1) is 10.2 Å². The molecule has 1 amide bonds. The molecule has 1 aliphatic carbocycles. The first-order valence-corrected chi connectivity index (χ1v) is 11.8. The van der Waals surface area contributed by atoms with E-state index in [0.717, 1.165) is 59.2 Å². The normalized spacial score (nSPS) is 15.3. The third-order valence-electron chi connectivity index (χ3n) is 6.98. The molecule has 3 aromatic carbocycles. The second-order valence-corrected chi connectivity index (χ2v) is 9.50. The van der Waals surface area contributed by atoms with Crippen LogP contribution in [0.5, 0.6) is 0 Å². The van der Waals surface area contributed by atoms with E-state index in [0.29, 0.717) is 5.92 Å². The van der Waals surface area contributed by atoms with Crippen LogP contribution in [0.1, 0.15) is 62.1 Å². The number of carbonyl (C=O) groups excluding carboxylic acids is 1. The summed E-state index contributed by atoms with van der Waals surface area (Å²) in [6, 6.07) is 22.5. The molecular formula is C28H30N4O. The second-order valence-electron chi connectivity index (χ2n) is 9.50. The van der Waals surface area contributed by atoms with Crippen LogP contribution >= 0.6 is 0 Å². The van der Waals surface area contributed by atoms with Crippen LogP contribution in [0.4, 0.5) is 5.69 Å². The van der Waals surface area contributed by atoms with Gasteiger partial charge in [0, 0.05) is 5.69 Å². The molecule has 0 unspecified atom stereocenters. The average Bonchev–Trinajstić information content (AvgIpc) is 3.48. The Morgan fingerprint density at radius 1 is 0.939 bits per heavy atom. The number of hydrogen-bond acceptors (Lipinski definition) is 3. The Balaban J connectivity index is 1.45. The molecule has 168 valence electrons. The number of hydrogen-bond donors (Lipinski definition) is 1. The first-order chi connectivity index (χ1) is 16.0. The Labute approximate surface area is 194 Å². The number of carbonyl (C=O) groups is 1. The number of rotatable bonds is 5. The molecule has 1 fully saturated rings.